The van der Waals surface area contributed by atoms with Crippen LogP contribution in [-0.4, -0.2) is 10.9 Å². The topological polar surface area (TPSA) is 42.0 Å². The Morgan fingerprint density at radius 1 is 1.17 bits per heavy atom. The van der Waals surface area contributed by atoms with Gasteiger partial charge in [-0.3, -0.25) is 9.78 Å². The van der Waals surface area contributed by atoms with Crippen LogP contribution in [-0.2, 0) is 11.9 Å². The first kappa shape index (κ1) is 12.8. The van der Waals surface area contributed by atoms with Gasteiger partial charge in [-0.1, -0.05) is 34.1 Å². The maximum Gasteiger partial charge on any atom is 0.251 e. The molecule has 1 N–H and O–H groups in total. The summed E-state index contributed by atoms with van der Waals surface area (Å²) < 4.78 is 0. The first-order chi connectivity index (χ1) is 8.79. The molecule has 2 aromatic rings. The van der Waals surface area contributed by atoms with Gasteiger partial charge >= 0.3 is 0 Å². The predicted octanol–water partition coefficient (Wildman–Crippen LogP) is 2.91. The summed E-state index contributed by atoms with van der Waals surface area (Å²) in [5.74, 6) is -0.0695. The Morgan fingerprint density at radius 2 is 1.94 bits per heavy atom. The van der Waals surface area contributed by atoms with Crippen molar-refractivity contribution in [3.8, 4) is 0 Å². The Balaban J connectivity index is 1.95. The van der Waals surface area contributed by atoms with Crippen molar-refractivity contribution in [3.05, 3.63) is 65.5 Å². The second-order valence-corrected chi connectivity index (χ2v) is 4.44. The van der Waals surface area contributed by atoms with E-state index in [0.717, 1.165) is 16.5 Å². The molecule has 92 valence electrons. The first-order valence-electron chi connectivity index (χ1n) is 5.61. The van der Waals surface area contributed by atoms with Crippen molar-refractivity contribution in [2.45, 2.75) is 11.9 Å². The Morgan fingerprint density at radius 3 is 2.56 bits per heavy atom. The fourth-order valence-electron chi connectivity index (χ4n) is 1.53. The number of hydrogen-bond donors (Lipinski definition) is 1. The molecule has 0 fully saturated rings. The summed E-state index contributed by atoms with van der Waals surface area (Å²) in [4.78, 5) is 15.9. The number of halogens is 1. The van der Waals surface area contributed by atoms with Gasteiger partial charge in [0.05, 0.1) is 0 Å². The van der Waals surface area contributed by atoms with Crippen molar-refractivity contribution < 1.29 is 4.79 Å². The second kappa shape index (κ2) is 6.31. The normalized spacial score (nSPS) is 10.1. The van der Waals surface area contributed by atoms with Crippen molar-refractivity contribution in [1.82, 2.24) is 10.3 Å². The number of nitrogens with zero attached hydrogens (tertiary/aromatic N) is 1. The smallest absolute Gasteiger partial charge is 0.251 e. The van der Waals surface area contributed by atoms with Gasteiger partial charge in [0, 0.05) is 29.8 Å². The predicted molar refractivity (Wildman–Crippen MR) is 74.5 cm³/mol. The molecule has 1 amide bonds. The zero-order valence-corrected chi connectivity index (χ0v) is 11.4. The van der Waals surface area contributed by atoms with E-state index in [1.165, 1.54) is 0 Å². The summed E-state index contributed by atoms with van der Waals surface area (Å²) in [5.41, 5.74) is 2.81. The molecule has 0 bridgehead atoms. The molecule has 1 aromatic carbocycles. The van der Waals surface area contributed by atoms with Crippen LogP contribution < -0.4 is 5.32 Å². The SMILES string of the molecule is O=C(NCc1cccnc1)c1ccc(CBr)cc1. The minimum atomic E-state index is -0.0695. The molecule has 0 spiro atoms. The molecule has 0 aliphatic heterocycles. The fourth-order valence-corrected chi connectivity index (χ4v) is 1.91. The van der Waals surface area contributed by atoms with Crippen LogP contribution in [0.25, 0.3) is 0 Å². The lowest BCUT2D eigenvalue weighted by atomic mass is 10.1. The van der Waals surface area contributed by atoms with E-state index in [4.69, 9.17) is 0 Å². The number of aromatic nitrogens is 1. The monoisotopic (exact) mass is 304 g/mol. The van der Waals surface area contributed by atoms with E-state index in [2.05, 4.69) is 26.2 Å². The molecule has 2 rings (SSSR count). The van der Waals surface area contributed by atoms with E-state index >= 15 is 0 Å². The van der Waals surface area contributed by atoms with Crippen LogP contribution in [0.5, 0.6) is 0 Å². The Bertz CT molecular complexity index is 511. The molecular formula is C14H13BrN2O. The average Bonchev–Trinajstić information content (AvgIpc) is 2.46. The van der Waals surface area contributed by atoms with Crippen molar-refractivity contribution in [1.29, 1.82) is 0 Å². The number of alkyl halides is 1. The highest BCUT2D eigenvalue weighted by molar-refractivity contribution is 9.08. The standard InChI is InChI=1S/C14H13BrN2O/c15-8-11-3-5-13(6-4-11)14(18)17-10-12-2-1-7-16-9-12/h1-7,9H,8,10H2,(H,17,18). The highest BCUT2D eigenvalue weighted by Crippen LogP contribution is 2.08. The van der Waals surface area contributed by atoms with Gasteiger partial charge in [0.15, 0.2) is 0 Å². The number of hydrogen-bond acceptors (Lipinski definition) is 2. The van der Waals surface area contributed by atoms with E-state index in [0.29, 0.717) is 12.1 Å². The molecule has 0 saturated carbocycles. The summed E-state index contributed by atoms with van der Waals surface area (Å²) in [7, 11) is 0. The number of nitrogens with one attached hydrogen (secondary N) is 1. The maximum atomic E-state index is 11.9. The number of benzene rings is 1. The molecule has 1 aromatic heterocycles. The van der Waals surface area contributed by atoms with Gasteiger partial charge in [-0.15, -0.1) is 0 Å². The maximum absolute atomic E-state index is 11.9. The highest BCUT2D eigenvalue weighted by Gasteiger charge is 2.04. The van der Waals surface area contributed by atoms with Crippen LogP contribution in [0.3, 0.4) is 0 Å². The summed E-state index contributed by atoms with van der Waals surface area (Å²) in [6, 6.07) is 11.3. The Labute approximate surface area is 114 Å². The van der Waals surface area contributed by atoms with Gasteiger partial charge in [-0.2, -0.15) is 0 Å². The molecule has 0 unspecified atom stereocenters. The molecular weight excluding hydrogens is 292 g/mol. The van der Waals surface area contributed by atoms with Crippen molar-refractivity contribution in [2.24, 2.45) is 0 Å². The molecule has 0 radical (unpaired) electrons. The molecule has 4 heteroatoms. The van der Waals surface area contributed by atoms with E-state index in [-0.39, 0.29) is 5.91 Å². The van der Waals surface area contributed by atoms with Gasteiger partial charge in [-0.25, -0.2) is 0 Å². The third-order valence-electron chi connectivity index (χ3n) is 2.55. The molecule has 0 saturated heterocycles. The zero-order chi connectivity index (χ0) is 12.8. The van der Waals surface area contributed by atoms with Gasteiger partial charge in [0.2, 0.25) is 0 Å². The lowest BCUT2D eigenvalue weighted by Gasteiger charge is -2.05. The van der Waals surface area contributed by atoms with E-state index in [1.54, 1.807) is 12.4 Å². The third-order valence-corrected chi connectivity index (χ3v) is 3.19. The Hall–Kier alpha value is -1.68. The number of amides is 1. The van der Waals surface area contributed by atoms with Crippen LogP contribution >= 0.6 is 15.9 Å². The molecule has 0 atom stereocenters. The number of rotatable bonds is 4. The molecule has 1 heterocycles. The van der Waals surface area contributed by atoms with Crippen molar-refractivity contribution in [2.75, 3.05) is 0 Å². The molecule has 18 heavy (non-hydrogen) atoms. The van der Waals surface area contributed by atoms with Gasteiger partial charge in [-0.05, 0) is 29.3 Å². The largest absolute Gasteiger partial charge is 0.348 e. The van der Waals surface area contributed by atoms with Gasteiger partial charge < -0.3 is 5.32 Å². The molecule has 3 nitrogen and oxygen atoms in total. The summed E-state index contributed by atoms with van der Waals surface area (Å²) in [6.07, 6.45) is 3.46. The van der Waals surface area contributed by atoms with E-state index in [9.17, 15) is 4.79 Å². The van der Waals surface area contributed by atoms with Crippen LogP contribution in [0, 0.1) is 0 Å². The van der Waals surface area contributed by atoms with Crippen LogP contribution in [0.4, 0.5) is 0 Å². The van der Waals surface area contributed by atoms with E-state index in [1.807, 2.05) is 36.4 Å². The lowest BCUT2D eigenvalue weighted by Crippen LogP contribution is -2.22. The van der Waals surface area contributed by atoms with Crippen molar-refractivity contribution in [3.63, 3.8) is 0 Å². The van der Waals surface area contributed by atoms with E-state index < -0.39 is 0 Å². The highest BCUT2D eigenvalue weighted by atomic mass is 79.9. The molecule has 0 aliphatic rings. The van der Waals surface area contributed by atoms with Gasteiger partial charge in [0.1, 0.15) is 0 Å². The lowest BCUT2D eigenvalue weighted by molar-refractivity contribution is 0.0951. The van der Waals surface area contributed by atoms with Gasteiger partial charge in [0.25, 0.3) is 5.91 Å². The minimum absolute atomic E-state index is 0.0695. The second-order valence-electron chi connectivity index (χ2n) is 3.87. The summed E-state index contributed by atoms with van der Waals surface area (Å²) in [5, 5.41) is 3.66. The van der Waals surface area contributed by atoms with Crippen LogP contribution in [0.2, 0.25) is 0 Å². The third kappa shape index (κ3) is 3.40. The fraction of sp³-hybridized carbons (Fsp3) is 0.143. The minimum Gasteiger partial charge on any atom is -0.348 e. The zero-order valence-electron chi connectivity index (χ0n) is 9.77. The van der Waals surface area contributed by atoms with Crippen molar-refractivity contribution >= 4 is 21.8 Å². The summed E-state index contributed by atoms with van der Waals surface area (Å²) >= 11 is 3.37. The average molecular weight is 305 g/mol. The van der Waals surface area contributed by atoms with Crippen LogP contribution in [0.15, 0.2) is 48.8 Å². The first-order valence-corrected chi connectivity index (χ1v) is 6.74. The Kier molecular flexibility index (Phi) is 4.47. The van der Waals surface area contributed by atoms with Crippen LogP contribution in [0.1, 0.15) is 21.5 Å². The number of carbonyl (C=O) groups excluding carboxylic acids is 1. The molecule has 0 aliphatic carbocycles. The number of carbonyl (C=O) groups is 1. The summed E-state index contributed by atoms with van der Waals surface area (Å²) in [6.45, 7) is 0.493. The quantitative estimate of drug-likeness (QED) is 0.883. The number of pyridine rings is 1.